The summed E-state index contributed by atoms with van der Waals surface area (Å²) in [5.41, 5.74) is 2.77. The van der Waals surface area contributed by atoms with Crippen LogP contribution in [0.15, 0.2) is 60.7 Å². The number of benzene rings is 2. The van der Waals surface area contributed by atoms with Gasteiger partial charge in [0.05, 0.1) is 0 Å². The van der Waals surface area contributed by atoms with Gasteiger partial charge in [0, 0.05) is 0 Å². The van der Waals surface area contributed by atoms with Crippen LogP contribution in [0.2, 0.25) is 8.94 Å². The molecule has 0 aliphatic carbocycles. The van der Waals surface area contributed by atoms with E-state index in [4.69, 9.17) is 9.47 Å². The van der Waals surface area contributed by atoms with Crippen LogP contribution in [0.3, 0.4) is 0 Å². The summed E-state index contributed by atoms with van der Waals surface area (Å²) >= 11 is 0.207. The van der Waals surface area contributed by atoms with Gasteiger partial charge in [-0.25, -0.2) is 0 Å². The van der Waals surface area contributed by atoms with Crippen molar-refractivity contribution >= 4 is 34.1 Å². The summed E-state index contributed by atoms with van der Waals surface area (Å²) in [4.78, 5) is 0. The zero-order valence-corrected chi connectivity index (χ0v) is 19.1. The molecule has 0 fully saturated rings. The Morgan fingerprint density at radius 3 is 1.38 bits per heavy atom. The fraction of sp³-hybridized carbons (Fsp3) is 0.400. The zero-order chi connectivity index (χ0) is 17.0. The molecule has 2 unspecified atom stereocenters. The van der Waals surface area contributed by atoms with Crippen molar-refractivity contribution < 1.29 is 9.47 Å². The molecular weight excluding hydrogens is 527 g/mol. The van der Waals surface area contributed by atoms with Crippen molar-refractivity contribution in [2.45, 2.75) is 34.0 Å². The Bertz CT molecular complexity index is 497. The van der Waals surface area contributed by atoms with E-state index in [2.05, 4.69) is 60.7 Å². The topological polar surface area (TPSA) is 18.5 Å². The van der Waals surface area contributed by atoms with Gasteiger partial charge in [0.25, 0.3) is 0 Å². The van der Waals surface area contributed by atoms with Crippen LogP contribution in [0.1, 0.15) is 11.1 Å². The molecule has 0 bridgehead atoms. The first-order valence-electron chi connectivity index (χ1n) is 8.19. The predicted octanol–water partition coefficient (Wildman–Crippen LogP) is 3.66. The average molecular weight is 554 g/mol. The monoisotopic (exact) mass is 558 g/mol. The summed E-state index contributed by atoms with van der Waals surface area (Å²) in [5, 5.41) is 0. The maximum atomic E-state index is 5.71. The molecule has 0 saturated heterocycles. The van der Waals surface area contributed by atoms with Crippen LogP contribution in [0.5, 0.6) is 0 Å². The van der Waals surface area contributed by atoms with Crippen molar-refractivity contribution in [2.24, 2.45) is 0 Å². The summed E-state index contributed by atoms with van der Waals surface area (Å²) in [6, 6.07) is 21.4. The molecule has 0 N–H and O–H groups in total. The molecule has 0 spiro atoms. The molecule has 0 saturated carbocycles. The second-order valence-corrected chi connectivity index (χ2v) is 17.9. The second kappa shape index (κ2) is 12.3. The SMILES string of the molecule is COC(C[Te][Te]CC(Cc1ccccc1)OC)Cc1ccccc1. The van der Waals surface area contributed by atoms with E-state index in [1.54, 1.807) is 0 Å². The Labute approximate surface area is 162 Å². The Hall–Kier alpha value is -0.0608. The molecule has 2 nitrogen and oxygen atoms in total. The number of hydrogen-bond acceptors (Lipinski definition) is 2. The predicted molar refractivity (Wildman–Crippen MR) is 103 cm³/mol. The fourth-order valence-electron chi connectivity index (χ4n) is 2.42. The molecule has 4 heteroatoms. The van der Waals surface area contributed by atoms with Crippen LogP contribution < -0.4 is 0 Å². The third kappa shape index (κ3) is 7.88. The molecule has 2 aromatic rings. The first-order valence-corrected chi connectivity index (χ1v) is 18.8. The zero-order valence-electron chi connectivity index (χ0n) is 14.4. The Balaban J connectivity index is 1.68. The Morgan fingerprint density at radius 1 is 0.667 bits per heavy atom. The van der Waals surface area contributed by atoms with E-state index in [0.717, 1.165) is 12.8 Å². The summed E-state index contributed by atoms with van der Waals surface area (Å²) in [6.45, 7) is 0. The van der Waals surface area contributed by atoms with Gasteiger partial charge in [-0.2, -0.15) is 0 Å². The van der Waals surface area contributed by atoms with E-state index in [9.17, 15) is 0 Å². The maximum absolute atomic E-state index is 5.71. The molecule has 0 radical (unpaired) electrons. The molecule has 2 rings (SSSR count). The molecule has 24 heavy (non-hydrogen) atoms. The van der Waals surface area contributed by atoms with E-state index in [0.29, 0.717) is 12.2 Å². The van der Waals surface area contributed by atoms with Crippen LogP contribution >= 0.6 is 0 Å². The van der Waals surface area contributed by atoms with E-state index >= 15 is 0 Å². The average Bonchev–Trinajstić information content (AvgIpc) is 2.64. The van der Waals surface area contributed by atoms with Gasteiger partial charge in [-0.3, -0.25) is 0 Å². The van der Waals surface area contributed by atoms with Gasteiger partial charge in [-0.1, -0.05) is 0 Å². The van der Waals surface area contributed by atoms with E-state index in [-0.39, 0.29) is 34.1 Å². The van der Waals surface area contributed by atoms with Crippen molar-refractivity contribution in [1.29, 1.82) is 0 Å². The number of hydrogen-bond donors (Lipinski definition) is 0. The Morgan fingerprint density at radius 2 is 1.04 bits per heavy atom. The van der Waals surface area contributed by atoms with Gasteiger partial charge >= 0.3 is 164 Å². The minimum absolute atomic E-state index is 0.103. The Kier molecular flexibility index (Phi) is 10.4. The standard InChI is InChI=1S/C20H26O2Te2/c1-21-19(13-17-9-5-3-6-10-17)15-23-24-16-20(22-2)14-18-11-7-4-8-12-18/h3-12,19-20H,13-16H2,1-2H3. The summed E-state index contributed by atoms with van der Waals surface area (Å²) in [5.74, 6) is 0. The van der Waals surface area contributed by atoms with Gasteiger partial charge in [-0.15, -0.1) is 0 Å². The van der Waals surface area contributed by atoms with E-state index < -0.39 is 0 Å². The van der Waals surface area contributed by atoms with Crippen LogP contribution in [-0.2, 0) is 22.3 Å². The van der Waals surface area contributed by atoms with Gasteiger partial charge in [0.1, 0.15) is 0 Å². The van der Waals surface area contributed by atoms with Crippen LogP contribution in [0.4, 0.5) is 0 Å². The quantitative estimate of drug-likeness (QED) is 0.313. The third-order valence-electron chi connectivity index (χ3n) is 3.87. The first kappa shape index (κ1) is 20.3. The van der Waals surface area contributed by atoms with Crippen molar-refractivity contribution in [3.8, 4) is 0 Å². The van der Waals surface area contributed by atoms with Gasteiger partial charge in [0.15, 0.2) is 0 Å². The molecule has 0 aromatic heterocycles. The van der Waals surface area contributed by atoms with Crippen molar-refractivity contribution in [3.05, 3.63) is 71.8 Å². The fourth-order valence-corrected chi connectivity index (χ4v) is 14.8. The molecule has 0 heterocycles. The minimum atomic E-state index is 0.103. The molecular formula is C20H26O2Te2. The van der Waals surface area contributed by atoms with Crippen molar-refractivity contribution in [2.75, 3.05) is 14.2 Å². The van der Waals surface area contributed by atoms with E-state index in [1.807, 2.05) is 14.2 Å². The van der Waals surface area contributed by atoms with Crippen molar-refractivity contribution in [3.63, 3.8) is 0 Å². The first-order chi connectivity index (χ1) is 11.8. The summed E-state index contributed by atoms with van der Waals surface area (Å²) in [7, 11) is 3.71. The van der Waals surface area contributed by atoms with Gasteiger partial charge in [-0.05, 0) is 0 Å². The molecule has 130 valence electrons. The third-order valence-corrected chi connectivity index (χ3v) is 15.6. The van der Waals surface area contributed by atoms with Gasteiger partial charge < -0.3 is 0 Å². The number of ether oxygens (including phenoxy) is 2. The number of methoxy groups -OCH3 is 2. The second-order valence-electron chi connectivity index (χ2n) is 5.66. The molecule has 0 amide bonds. The van der Waals surface area contributed by atoms with Crippen molar-refractivity contribution in [1.82, 2.24) is 0 Å². The molecule has 2 aromatic carbocycles. The van der Waals surface area contributed by atoms with E-state index in [1.165, 1.54) is 20.1 Å². The van der Waals surface area contributed by atoms with Gasteiger partial charge in [0.2, 0.25) is 0 Å². The summed E-state index contributed by atoms with van der Waals surface area (Å²) < 4.78 is 14.0. The van der Waals surface area contributed by atoms with Crippen LogP contribution in [0, 0.1) is 0 Å². The molecule has 2 atom stereocenters. The summed E-state index contributed by atoms with van der Waals surface area (Å²) in [6.07, 6.45) is 2.89. The molecule has 0 aliphatic heterocycles. The number of rotatable bonds is 11. The van der Waals surface area contributed by atoms with Crippen LogP contribution in [-0.4, -0.2) is 60.5 Å². The normalized spacial score (nSPS) is 13.6. The van der Waals surface area contributed by atoms with Crippen LogP contribution in [0.25, 0.3) is 0 Å². The molecule has 0 aliphatic rings.